The molecule has 1 unspecified atom stereocenters. The Morgan fingerprint density at radius 3 is 2.47 bits per heavy atom. The number of hydrogen-bond acceptors (Lipinski definition) is 2. The van der Waals surface area contributed by atoms with E-state index in [1.54, 1.807) is 23.5 Å². The van der Waals surface area contributed by atoms with Crippen molar-refractivity contribution in [2.75, 3.05) is 0 Å². The maximum absolute atomic E-state index is 6.22. The van der Waals surface area contributed by atoms with Gasteiger partial charge in [0, 0.05) is 21.4 Å². The fraction of sp³-hybridized carbons (Fsp3) is 0.286. The number of benzene rings is 1. The van der Waals surface area contributed by atoms with Gasteiger partial charge in [0.15, 0.2) is 0 Å². The summed E-state index contributed by atoms with van der Waals surface area (Å²) in [6.07, 6.45) is 2.05. The summed E-state index contributed by atoms with van der Waals surface area (Å²) in [6, 6.07) is 7.64. The van der Waals surface area contributed by atoms with Gasteiger partial charge in [0.2, 0.25) is 0 Å². The normalized spacial score (nSPS) is 12.7. The molecule has 0 aliphatic heterocycles. The van der Waals surface area contributed by atoms with Crippen molar-refractivity contribution in [2.24, 2.45) is 5.73 Å². The molecule has 0 aliphatic carbocycles. The molecule has 0 spiro atoms. The first-order valence-corrected chi connectivity index (χ1v) is 7.98. The third kappa shape index (κ3) is 3.45. The van der Waals surface area contributed by atoms with Crippen LogP contribution in [0.1, 0.15) is 30.7 Å². The average Bonchev–Trinajstić information content (AvgIpc) is 2.83. The molecular weight excluding hydrogens is 321 g/mol. The quantitative estimate of drug-likeness (QED) is 0.664. The van der Waals surface area contributed by atoms with E-state index < -0.39 is 0 Å². The summed E-state index contributed by atoms with van der Waals surface area (Å²) in [7, 11) is 0. The minimum absolute atomic E-state index is 0.0882. The highest BCUT2D eigenvalue weighted by Gasteiger charge is 2.13. The summed E-state index contributed by atoms with van der Waals surface area (Å²) in [4.78, 5) is 2.23. The lowest BCUT2D eigenvalue weighted by atomic mass is 10.1. The van der Waals surface area contributed by atoms with Gasteiger partial charge in [0.1, 0.15) is 0 Å². The molecule has 1 aromatic heterocycles. The standard InChI is InChI=1S/C14H14Cl3NS/c1-2-3-12(18)14-5-4-13(19-14)8-6-10(16)11(17)7-9(8)15/h4-7,12H,2-3,18H2,1H3. The van der Waals surface area contributed by atoms with Gasteiger partial charge in [0.05, 0.1) is 15.1 Å². The largest absolute Gasteiger partial charge is 0.323 e. The minimum Gasteiger partial charge on any atom is -0.323 e. The van der Waals surface area contributed by atoms with Crippen molar-refractivity contribution in [3.63, 3.8) is 0 Å². The predicted molar refractivity (Wildman–Crippen MR) is 86.6 cm³/mol. The van der Waals surface area contributed by atoms with Crippen molar-refractivity contribution < 1.29 is 0 Å². The highest BCUT2D eigenvalue weighted by Crippen LogP contribution is 2.39. The Hall–Kier alpha value is -0.250. The van der Waals surface area contributed by atoms with Crippen LogP contribution in [0, 0.1) is 0 Å². The van der Waals surface area contributed by atoms with E-state index in [1.807, 2.05) is 6.07 Å². The maximum atomic E-state index is 6.22. The Labute approximate surface area is 132 Å². The van der Waals surface area contributed by atoms with E-state index >= 15 is 0 Å². The lowest BCUT2D eigenvalue weighted by Crippen LogP contribution is -2.07. The smallest absolute Gasteiger partial charge is 0.0607 e. The van der Waals surface area contributed by atoms with Gasteiger partial charge < -0.3 is 5.73 Å². The van der Waals surface area contributed by atoms with Crippen molar-refractivity contribution in [3.05, 3.63) is 44.2 Å². The van der Waals surface area contributed by atoms with E-state index in [9.17, 15) is 0 Å². The van der Waals surface area contributed by atoms with Crippen LogP contribution < -0.4 is 5.73 Å². The molecular formula is C14H14Cl3NS. The van der Waals surface area contributed by atoms with Crippen LogP contribution in [-0.4, -0.2) is 0 Å². The van der Waals surface area contributed by atoms with Crippen LogP contribution in [-0.2, 0) is 0 Å². The van der Waals surface area contributed by atoms with Crippen LogP contribution in [0.5, 0.6) is 0 Å². The first-order chi connectivity index (χ1) is 9.02. The van der Waals surface area contributed by atoms with Crippen LogP contribution in [0.15, 0.2) is 24.3 Å². The van der Waals surface area contributed by atoms with Crippen LogP contribution in [0.2, 0.25) is 15.1 Å². The highest BCUT2D eigenvalue weighted by atomic mass is 35.5. The minimum atomic E-state index is 0.0882. The van der Waals surface area contributed by atoms with E-state index in [4.69, 9.17) is 40.5 Å². The average molecular weight is 335 g/mol. The Morgan fingerprint density at radius 2 is 1.79 bits per heavy atom. The summed E-state index contributed by atoms with van der Waals surface area (Å²) in [5.41, 5.74) is 7.02. The van der Waals surface area contributed by atoms with Gasteiger partial charge in [-0.05, 0) is 30.7 Å². The molecule has 0 bridgehead atoms. The number of rotatable bonds is 4. The van der Waals surface area contributed by atoms with Crippen molar-refractivity contribution in [1.29, 1.82) is 0 Å². The van der Waals surface area contributed by atoms with Crippen molar-refractivity contribution in [2.45, 2.75) is 25.8 Å². The molecule has 0 fully saturated rings. The molecule has 1 atom stereocenters. The summed E-state index contributed by atoms with van der Waals surface area (Å²) >= 11 is 19.9. The second-order valence-electron chi connectivity index (χ2n) is 4.34. The van der Waals surface area contributed by atoms with E-state index in [-0.39, 0.29) is 6.04 Å². The zero-order chi connectivity index (χ0) is 14.0. The molecule has 0 aliphatic rings. The molecule has 2 aromatic rings. The van der Waals surface area contributed by atoms with Gasteiger partial charge in [-0.1, -0.05) is 48.1 Å². The molecule has 0 radical (unpaired) electrons. The summed E-state index contributed by atoms with van der Waals surface area (Å²) < 4.78 is 0. The number of nitrogens with two attached hydrogens (primary N) is 1. The van der Waals surface area contributed by atoms with Crippen LogP contribution >= 0.6 is 46.1 Å². The maximum Gasteiger partial charge on any atom is 0.0607 e. The molecule has 1 aromatic carbocycles. The molecule has 102 valence electrons. The topological polar surface area (TPSA) is 26.0 Å². The van der Waals surface area contributed by atoms with Gasteiger partial charge >= 0.3 is 0 Å². The van der Waals surface area contributed by atoms with Crippen molar-refractivity contribution in [3.8, 4) is 10.4 Å². The van der Waals surface area contributed by atoms with E-state index in [0.717, 1.165) is 23.3 Å². The van der Waals surface area contributed by atoms with Crippen LogP contribution in [0.3, 0.4) is 0 Å². The van der Waals surface area contributed by atoms with Crippen LogP contribution in [0.25, 0.3) is 10.4 Å². The molecule has 0 saturated carbocycles. The van der Waals surface area contributed by atoms with E-state index in [0.29, 0.717) is 15.1 Å². The van der Waals surface area contributed by atoms with Crippen molar-refractivity contribution in [1.82, 2.24) is 0 Å². The monoisotopic (exact) mass is 333 g/mol. The number of halogens is 3. The third-order valence-electron chi connectivity index (χ3n) is 2.87. The fourth-order valence-electron chi connectivity index (χ4n) is 1.86. The van der Waals surface area contributed by atoms with Crippen molar-refractivity contribution >= 4 is 46.1 Å². The summed E-state index contributed by atoms with van der Waals surface area (Å²) in [5.74, 6) is 0. The Morgan fingerprint density at radius 1 is 1.11 bits per heavy atom. The van der Waals surface area contributed by atoms with E-state index in [1.165, 1.54) is 4.88 Å². The lowest BCUT2D eigenvalue weighted by Gasteiger charge is -2.07. The second kappa shape index (κ2) is 6.47. The first-order valence-electron chi connectivity index (χ1n) is 6.03. The van der Waals surface area contributed by atoms with Gasteiger partial charge in [0.25, 0.3) is 0 Å². The third-order valence-corrected chi connectivity index (χ3v) is 5.15. The predicted octanol–water partition coefficient (Wildman–Crippen LogP) is 6.18. The molecule has 2 rings (SSSR count). The SMILES string of the molecule is CCCC(N)c1ccc(-c2cc(Cl)c(Cl)cc2Cl)s1. The Kier molecular flexibility index (Phi) is 5.15. The Balaban J connectivity index is 2.35. The molecule has 2 N–H and O–H groups in total. The van der Waals surface area contributed by atoms with Gasteiger partial charge in [-0.15, -0.1) is 11.3 Å². The summed E-state index contributed by atoms with van der Waals surface area (Å²) in [6.45, 7) is 2.13. The summed E-state index contributed by atoms with van der Waals surface area (Å²) in [5, 5.41) is 1.58. The van der Waals surface area contributed by atoms with Crippen LogP contribution in [0.4, 0.5) is 0 Å². The zero-order valence-corrected chi connectivity index (χ0v) is 13.5. The molecule has 5 heteroatoms. The van der Waals surface area contributed by atoms with Gasteiger partial charge in [-0.2, -0.15) is 0 Å². The molecule has 0 amide bonds. The van der Waals surface area contributed by atoms with Gasteiger partial charge in [-0.25, -0.2) is 0 Å². The van der Waals surface area contributed by atoms with Gasteiger partial charge in [-0.3, -0.25) is 0 Å². The number of thiophene rings is 1. The fourth-order valence-corrected chi connectivity index (χ4v) is 3.64. The molecule has 19 heavy (non-hydrogen) atoms. The highest BCUT2D eigenvalue weighted by molar-refractivity contribution is 7.15. The molecule has 1 nitrogen and oxygen atoms in total. The second-order valence-corrected chi connectivity index (χ2v) is 6.68. The first kappa shape index (κ1) is 15.1. The Bertz CT molecular complexity index is 580. The molecule has 1 heterocycles. The molecule has 0 saturated heterocycles. The zero-order valence-electron chi connectivity index (χ0n) is 10.4. The van der Waals surface area contributed by atoms with E-state index in [2.05, 4.69) is 13.0 Å². The number of hydrogen-bond donors (Lipinski definition) is 1. The lowest BCUT2D eigenvalue weighted by molar-refractivity contribution is 0.648.